The van der Waals surface area contributed by atoms with Crippen molar-refractivity contribution in [3.63, 3.8) is 0 Å². The van der Waals surface area contributed by atoms with Crippen LogP contribution >= 0.6 is 0 Å². The molecule has 5 heteroatoms. The highest BCUT2D eigenvalue weighted by atomic mass is 16.6. The van der Waals surface area contributed by atoms with E-state index in [4.69, 9.17) is 15.2 Å². The minimum atomic E-state index is -0.967. The number of fused-ring (bicyclic) bond motifs is 5. The molecule has 1 aromatic rings. The van der Waals surface area contributed by atoms with Gasteiger partial charge in [0.05, 0.1) is 11.0 Å². The lowest BCUT2D eigenvalue weighted by Crippen LogP contribution is -2.75. The van der Waals surface area contributed by atoms with Crippen LogP contribution in [0.2, 0.25) is 0 Å². The molecule has 3 spiro atoms. The van der Waals surface area contributed by atoms with Gasteiger partial charge in [-0.05, 0) is 99.1 Å². The molecule has 3 saturated carbocycles. The van der Waals surface area contributed by atoms with Crippen LogP contribution in [0.15, 0.2) is 66.5 Å². The third-order valence-corrected chi connectivity index (χ3v) is 13.5. The quantitative estimate of drug-likeness (QED) is 0.225. The Morgan fingerprint density at radius 2 is 1.98 bits per heavy atom. The molecule has 4 fully saturated rings. The Kier molecular flexibility index (Phi) is 5.94. The maximum atomic E-state index is 14.4. The summed E-state index contributed by atoms with van der Waals surface area (Å²) >= 11 is 0. The first kappa shape index (κ1) is 27.9. The van der Waals surface area contributed by atoms with Gasteiger partial charge in [-0.15, -0.1) is 0 Å². The number of hydrogen-bond donors (Lipinski definition) is 1. The highest BCUT2D eigenvalue weighted by molar-refractivity contribution is 5.99. The molecule has 0 radical (unpaired) electrons. The average Bonchev–Trinajstić information content (AvgIpc) is 3.62. The average molecular weight is 602 g/mol. The van der Waals surface area contributed by atoms with E-state index in [0.29, 0.717) is 36.3 Å². The van der Waals surface area contributed by atoms with E-state index in [2.05, 4.69) is 73.4 Å². The van der Waals surface area contributed by atoms with E-state index >= 15 is 0 Å². The predicted octanol–water partition coefficient (Wildman–Crippen LogP) is 6.94. The minimum absolute atomic E-state index is 0.0482. The van der Waals surface area contributed by atoms with Gasteiger partial charge in [0.15, 0.2) is 5.60 Å². The van der Waals surface area contributed by atoms with Gasteiger partial charge in [-0.2, -0.15) is 0 Å². The van der Waals surface area contributed by atoms with E-state index in [1.165, 1.54) is 19.3 Å². The first-order chi connectivity index (χ1) is 21.9. The Labute approximate surface area is 266 Å². The molecule has 0 unspecified atom stereocenters. The topological polar surface area (TPSA) is 78.6 Å². The lowest BCUT2D eigenvalue weighted by molar-refractivity contribution is -0.272. The molecule has 6 aliphatic carbocycles. The molecule has 1 aromatic carbocycles. The summed E-state index contributed by atoms with van der Waals surface area (Å²) in [5, 5.41) is 0. The molecule has 2 N–H and O–H groups in total. The van der Waals surface area contributed by atoms with Crippen LogP contribution < -0.4 is 5.73 Å². The third-order valence-electron chi connectivity index (χ3n) is 13.5. The molecular weight excluding hydrogens is 558 g/mol. The summed E-state index contributed by atoms with van der Waals surface area (Å²) in [6, 6.07) is 6.18. The van der Waals surface area contributed by atoms with Crippen LogP contribution in [0.3, 0.4) is 0 Å². The van der Waals surface area contributed by atoms with Crippen molar-refractivity contribution < 1.29 is 19.1 Å². The highest BCUT2D eigenvalue weighted by Crippen LogP contribution is 2.84. The number of benzene rings is 1. The van der Waals surface area contributed by atoms with E-state index in [0.717, 1.165) is 61.3 Å². The van der Waals surface area contributed by atoms with E-state index < -0.39 is 16.4 Å². The number of carbonyl (C=O) groups excluding carboxylic acids is 2. The molecule has 0 amide bonds. The number of nitrogens with two attached hydrogens (primary N) is 1. The predicted molar refractivity (Wildman–Crippen MR) is 171 cm³/mol. The van der Waals surface area contributed by atoms with Crippen LogP contribution in [-0.4, -0.2) is 18.5 Å². The summed E-state index contributed by atoms with van der Waals surface area (Å²) in [5.74, 6) is 9.55. The van der Waals surface area contributed by atoms with Gasteiger partial charge in [0.1, 0.15) is 11.2 Å². The smallest absolute Gasteiger partial charge is 0.339 e. The monoisotopic (exact) mass is 601 g/mol. The van der Waals surface area contributed by atoms with Gasteiger partial charge in [0.25, 0.3) is 0 Å². The highest BCUT2D eigenvalue weighted by Gasteiger charge is 2.91. The van der Waals surface area contributed by atoms with Gasteiger partial charge in [-0.3, -0.25) is 4.79 Å². The van der Waals surface area contributed by atoms with Crippen molar-refractivity contribution in [2.75, 3.05) is 6.54 Å². The van der Waals surface area contributed by atoms with E-state index in [1.807, 2.05) is 6.07 Å². The van der Waals surface area contributed by atoms with Gasteiger partial charge in [0.2, 0.25) is 0 Å². The van der Waals surface area contributed by atoms with Crippen molar-refractivity contribution in [2.24, 2.45) is 57.5 Å². The van der Waals surface area contributed by atoms with E-state index in [1.54, 1.807) is 0 Å². The third kappa shape index (κ3) is 3.20. The number of carbonyl (C=O) groups is 2. The summed E-state index contributed by atoms with van der Waals surface area (Å²) in [5.41, 5.74) is 5.94. The van der Waals surface area contributed by atoms with Crippen LogP contribution in [0.5, 0.6) is 0 Å². The van der Waals surface area contributed by atoms with Gasteiger partial charge >= 0.3 is 11.9 Å². The zero-order valence-corrected chi connectivity index (χ0v) is 26.2. The van der Waals surface area contributed by atoms with Crippen LogP contribution in [0.25, 0.3) is 0 Å². The van der Waals surface area contributed by atoms with Crippen molar-refractivity contribution in [1.82, 2.24) is 0 Å². The van der Waals surface area contributed by atoms with Crippen LogP contribution in [0, 0.1) is 63.6 Å². The van der Waals surface area contributed by atoms with Crippen LogP contribution in [-0.2, 0) is 26.3 Å². The Morgan fingerprint density at radius 3 is 2.84 bits per heavy atom. The first-order valence-electron chi connectivity index (χ1n) is 17.5. The number of aryl methyl sites for hydroxylation is 1. The largest absolute Gasteiger partial charge is 0.449 e. The maximum Gasteiger partial charge on any atom is 0.339 e. The zero-order valence-electron chi connectivity index (χ0n) is 26.2. The fourth-order valence-corrected chi connectivity index (χ4v) is 12.0. The molecule has 4 bridgehead atoms. The Balaban J connectivity index is 1.25. The standard InChI is InChI=1S/C40H43NO4/c1-2-7-32-38-20-18-25-12-14-27-15-13-26-22-29-10-3-4-19-37(29,23-26)30(27)16-17-33(44-36(38)43)39(38,24-25)40(32)31-11-5-8-28(9-6-21-41)34(31)35(42)45-40/h3-5,8,10-11,17-20,25-27,29-30,32H,2,6-7,9,13,15-16,21-24,41H2,1H3/b33-17+/t25-,26-,27-,29-,30+,32+,37-,38+,39-,40-/m1/s1. The number of esters is 2. The van der Waals surface area contributed by atoms with Gasteiger partial charge in [0, 0.05) is 23.3 Å². The fraction of sp³-hybridized carbons (Fsp3) is 0.550. The molecule has 0 aromatic heterocycles. The lowest BCUT2D eigenvalue weighted by atomic mass is 9.31. The lowest BCUT2D eigenvalue weighted by Gasteiger charge is -2.69. The molecule has 45 heavy (non-hydrogen) atoms. The molecular formula is C40H43NO4. The molecule has 8 aliphatic rings. The minimum Gasteiger partial charge on any atom is -0.449 e. The van der Waals surface area contributed by atoms with Gasteiger partial charge < -0.3 is 15.2 Å². The zero-order chi connectivity index (χ0) is 30.6. The Morgan fingerprint density at radius 1 is 1.07 bits per heavy atom. The van der Waals surface area contributed by atoms with Crippen molar-refractivity contribution in [1.29, 1.82) is 0 Å². The first-order valence-corrected chi connectivity index (χ1v) is 17.5. The Bertz CT molecular complexity index is 1690. The van der Waals surface area contributed by atoms with Crippen molar-refractivity contribution in [3.05, 3.63) is 83.2 Å². The van der Waals surface area contributed by atoms with Gasteiger partial charge in [-0.1, -0.05) is 79.8 Å². The van der Waals surface area contributed by atoms with Crippen LogP contribution in [0.4, 0.5) is 0 Å². The molecule has 10 atom stereocenters. The molecule has 2 heterocycles. The summed E-state index contributed by atoms with van der Waals surface area (Å²) in [4.78, 5) is 28.4. The number of rotatable bonds is 5. The number of hydrogen-bond acceptors (Lipinski definition) is 5. The molecule has 1 saturated heterocycles. The van der Waals surface area contributed by atoms with Crippen molar-refractivity contribution in [2.45, 2.75) is 76.7 Å². The Hall–Kier alpha value is -3.36. The molecule has 9 rings (SSSR count). The summed E-state index contributed by atoms with van der Waals surface area (Å²) in [7, 11) is 0. The van der Waals surface area contributed by atoms with Gasteiger partial charge in [-0.25, -0.2) is 4.79 Å². The van der Waals surface area contributed by atoms with E-state index in [-0.39, 0.29) is 29.2 Å². The van der Waals surface area contributed by atoms with Crippen molar-refractivity contribution in [3.8, 4) is 11.8 Å². The summed E-state index contributed by atoms with van der Waals surface area (Å²) in [6.45, 7) is 2.71. The second-order valence-corrected chi connectivity index (χ2v) is 15.2. The fourth-order valence-electron chi connectivity index (χ4n) is 12.0. The van der Waals surface area contributed by atoms with E-state index in [9.17, 15) is 9.59 Å². The second kappa shape index (κ2) is 9.58. The molecule has 232 valence electrons. The molecule has 5 nitrogen and oxygen atoms in total. The summed E-state index contributed by atoms with van der Waals surface area (Å²) < 4.78 is 13.3. The second-order valence-electron chi connectivity index (χ2n) is 15.2. The number of ether oxygens (including phenoxy) is 2. The summed E-state index contributed by atoms with van der Waals surface area (Å²) in [6.07, 6.45) is 25.4. The normalized spacial score (nSPS) is 45.1. The maximum absolute atomic E-state index is 14.4. The SMILES string of the molecule is CCC[C@@H]1[C@@]2(OC(=O)c3c(CCCN)cccc32)[C@]23C[C@@H]4C#C[C@@H]5CC[C@@H]6C[C@H]7C=CC=C[C@]7(C6)[C@H]5C/C=C\2OC(=O)[C@]13C=C4. The van der Waals surface area contributed by atoms with Crippen molar-refractivity contribution >= 4 is 11.9 Å². The number of allylic oxidation sites excluding steroid dienone is 6. The van der Waals surface area contributed by atoms with Crippen LogP contribution in [0.1, 0.15) is 86.2 Å². The molecule has 2 aliphatic heterocycles.